The lowest BCUT2D eigenvalue weighted by Gasteiger charge is -2.05. The summed E-state index contributed by atoms with van der Waals surface area (Å²) >= 11 is 1.34. The highest BCUT2D eigenvalue weighted by Crippen LogP contribution is 2.13. The largest absolute Gasteiger partial charge is 0.316 e. The maximum absolute atomic E-state index is 11.5. The molecule has 1 unspecified atom stereocenters. The van der Waals surface area contributed by atoms with Crippen LogP contribution in [0, 0.1) is 5.92 Å². The second kappa shape index (κ2) is 3.80. The summed E-state index contributed by atoms with van der Waals surface area (Å²) in [6.07, 6.45) is 0.907. The molecular weight excluding hydrogens is 188 g/mol. The molecule has 6 heteroatoms. The second-order valence-corrected chi connectivity index (χ2v) is 3.76. The lowest BCUT2D eigenvalue weighted by molar-refractivity contribution is -0.119. The molecule has 13 heavy (non-hydrogen) atoms. The molecule has 0 aromatic carbocycles. The van der Waals surface area contributed by atoms with E-state index >= 15 is 0 Å². The quantitative estimate of drug-likeness (QED) is 0.706. The fraction of sp³-hybridized carbons (Fsp3) is 0.571. The van der Waals surface area contributed by atoms with Gasteiger partial charge in [-0.2, -0.15) is 0 Å². The van der Waals surface area contributed by atoms with E-state index in [1.807, 2.05) is 0 Å². The molecule has 1 saturated heterocycles. The second-order valence-electron chi connectivity index (χ2n) is 2.92. The number of nitrogens with one attached hydrogen (secondary N) is 2. The van der Waals surface area contributed by atoms with Gasteiger partial charge in [-0.25, -0.2) is 0 Å². The number of hydrogen-bond acceptors (Lipinski definition) is 5. The van der Waals surface area contributed by atoms with Crippen LogP contribution in [0.4, 0.5) is 5.13 Å². The van der Waals surface area contributed by atoms with Crippen LogP contribution in [0.15, 0.2) is 5.51 Å². The van der Waals surface area contributed by atoms with Gasteiger partial charge in [0.05, 0.1) is 5.92 Å². The monoisotopic (exact) mass is 198 g/mol. The van der Waals surface area contributed by atoms with Crippen LogP contribution in [0.5, 0.6) is 0 Å². The Hall–Kier alpha value is -1.01. The normalized spacial score (nSPS) is 21.7. The van der Waals surface area contributed by atoms with Crippen molar-refractivity contribution in [3.8, 4) is 0 Å². The fourth-order valence-corrected chi connectivity index (χ4v) is 1.76. The van der Waals surface area contributed by atoms with Gasteiger partial charge in [-0.05, 0) is 13.0 Å². The highest BCUT2D eigenvalue weighted by Gasteiger charge is 2.22. The minimum absolute atomic E-state index is 0.0433. The number of anilines is 1. The third-order valence-electron chi connectivity index (χ3n) is 2.02. The van der Waals surface area contributed by atoms with Crippen LogP contribution in [0.2, 0.25) is 0 Å². The zero-order valence-electron chi connectivity index (χ0n) is 6.99. The molecule has 1 aliphatic rings. The van der Waals surface area contributed by atoms with Gasteiger partial charge >= 0.3 is 0 Å². The van der Waals surface area contributed by atoms with Crippen LogP contribution in [0.3, 0.4) is 0 Å². The van der Waals surface area contributed by atoms with E-state index in [2.05, 4.69) is 20.8 Å². The van der Waals surface area contributed by atoms with E-state index in [0.717, 1.165) is 19.5 Å². The molecule has 0 radical (unpaired) electrons. The molecule has 1 aromatic rings. The number of nitrogens with zero attached hydrogens (tertiary/aromatic N) is 2. The molecule has 0 spiro atoms. The zero-order valence-corrected chi connectivity index (χ0v) is 7.80. The summed E-state index contributed by atoms with van der Waals surface area (Å²) in [6, 6.07) is 0. The number of amides is 1. The minimum atomic E-state index is 0.0433. The summed E-state index contributed by atoms with van der Waals surface area (Å²) in [5, 5.41) is 13.8. The van der Waals surface area contributed by atoms with Crippen LogP contribution < -0.4 is 10.6 Å². The molecule has 2 rings (SSSR count). The summed E-state index contributed by atoms with van der Waals surface area (Å²) in [6.45, 7) is 1.69. The number of aromatic nitrogens is 2. The standard InChI is InChI=1S/C7H10N4OS/c12-6(5-1-2-8-3-5)10-7-11-9-4-13-7/h4-5,8H,1-3H2,(H,10,11,12). The van der Waals surface area contributed by atoms with Gasteiger partial charge < -0.3 is 10.6 Å². The van der Waals surface area contributed by atoms with Gasteiger partial charge in [0.15, 0.2) is 0 Å². The third kappa shape index (κ3) is 2.02. The van der Waals surface area contributed by atoms with Crippen molar-refractivity contribution in [1.29, 1.82) is 0 Å². The average molecular weight is 198 g/mol. The van der Waals surface area contributed by atoms with E-state index in [9.17, 15) is 4.79 Å². The van der Waals surface area contributed by atoms with Gasteiger partial charge in [0.2, 0.25) is 11.0 Å². The number of hydrogen-bond donors (Lipinski definition) is 2. The Balaban J connectivity index is 1.91. The molecule has 2 N–H and O–H groups in total. The molecule has 1 aliphatic heterocycles. The number of rotatable bonds is 2. The Bertz CT molecular complexity index is 281. The first-order chi connectivity index (χ1) is 6.36. The van der Waals surface area contributed by atoms with Crippen LogP contribution in [-0.4, -0.2) is 29.2 Å². The van der Waals surface area contributed by atoms with Gasteiger partial charge in [0.25, 0.3) is 0 Å². The smallest absolute Gasteiger partial charge is 0.230 e. The van der Waals surface area contributed by atoms with Gasteiger partial charge in [0.1, 0.15) is 5.51 Å². The Morgan fingerprint density at radius 2 is 2.69 bits per heavy atom. The summed E-state index contributed by atoms with van der Waals surface area (Å²) in [7, 11) is 0. The Morgan fingerprint density at radius 3 is 3.31 bits per heavy atom. The Morgan fingerprint density at radius 1 is 1.77 bits per heavy atom. The molecule has 0 bridgehead atoms. The van der Waals surface area contributed by atoms with Crippen molar-refractivity contribution in [2.24, 2.45) is 5.92 Å². The summed E-state index contributed by atoms with van der Waals surface area (Å²) in [5.41, 5.74) is 1.60. The average Bonchev–Trinajstić information content (AvgIpc) is 2.74. The molecule has 70 valence electrons. The molecule has 1 amide bonds. The van der Waals surface area contributed by atoms with E-state index in [1.54, 1.807) is 5.51 Å². The van der Waals surface area contributed by atoms with Crippen LogP contribution in [-0.2, 0) is 4.79 Å². The van der Waals surface area contributed by atoms with Crippen LogP contribution >= 0.6 is 11.3 Å². The molecule has 1 aromatic heterocycles. The molecule has 0 aliphatic carbocycles. The minimum Gasteiger partial charge on any atom is -0.316 e. The topological polar surface area (TPSA) is 66.9 Å². The van der Waals surface area contributed by atoms with Crippen molar-refractivity contribution in [2.45, 2.75) is 6.42 Å². The lowest BCUT2D eigenvalue weighted by atomic mass is 10.1. The fourth-order valence-electron chi connectivity index (χ4n) is 1.31. The van der Waals surface area contributed by atoms with Crippen molar-refractivity contribution < 1.29 is 4.79 Å². The number of carbonyl (C=O) groups excluding carboxylic acids is 1. The summed E-state index contributed by atoms with van der Waals surface area (Å²) in [4.78, 5) is 11.5. The zero-order chi connectivity index (χ0) is 9.10. The summed E-state index contributed by atoms with van der Waals surface area (Å²) in [5.74, 6) is 0.130. The molecular formula is C7H10N4OS. The predicted octanol–water partition coefficient (Wildman–Crippen LogP) is 0.0861. The predicted molar refractivity (Wildman–Crippen MR) is 49.5 cm³/mol. The lowest BCUT2D eigenvalue weighted by Crippen LogP contribution is -2.24. The summed E-state index contributed by atoms with van der Waals surface area (Å²) < 4.78 is 0. The highest BCUT2D eigenvalue weighted by atomic mass is 32.1. The van der Waals surface area contributed by atoms with Crippen molar-refractivity contribution in [3.05, 3.63) is 5.51 Å². The van der Waals surface area contributed by atoms with Crippen LogP contribution in [0.25, 0.3) is 0 Å². The van der Waals surface area contributed by atoms with E-state index in [0.29, 0.717) is 5.13 Å². The van der Waals surface area contributed by atoms with E-state index < -0.39 is 0 Å². The molecule has 5 nitrogen and oxygen atoms in total. The van der Waals surface area contributed by atoms with Gasteiger partial charge in [-0.15, -0.1) is 10.2 Å². The Labute approximate surface area is 79.6 Å². The molecule has 1 fully saturated rings. The maximum atomic E-state index is 11.5. The van der Waals surface area contributed by atoms with E-state index in [4.69, 9.17) is 0 Å². The van der Waals surface area contributed by atoms with Crippen molar-refractivity contribution >= 4 is 22.4 Å². The van der Waals surface area contributed by atoms with Crippen molar-refractivity contribution in [2.75, 3.05) is 18.4 Å². The van der Waals surface area contributed by atoms with Crippen LogP contribution in [0.1, 0.15) is 6.42 Å². The van der Waals surface area contributed by atoms with Gasteiger partial charge in [0, 0.05) is 6.54 Å². The van der Waals surface area contributed by atoms with Gasteiger partial charge in [-0.1, -0.05) is 11.3 Å². The highest BCUT2D eigenvalue weighted by molar-refractivity contribution is 7.13. The number of carbonyl (C=O) groups is 1. The van der Waals surface area contributed by atoms with E-state index in [-0.39, 0.29) is 11.8 Å². The van der Waals surface area contributed by atoms with Crippen molar-refractivity contribution in [3.63, 3.8) is 0 Å². The van der Waals surface area contributed by atoms with Gasteiger partial charge in [-0.3, -0.25) is 4.79 Å². The third-order valence-corrected chi connectivity index (χ3v) is 2.63. The van der Waals surface area contributed by atoms with E-state index in [1.165, 1.54) is 11.3 Å². The first-order valence-corrected chi connectivity index (χ1v) is 5.02. The molecule has 2 heterocycles. The Kier molecular flexibility index (Phi) is 2.51. The SMILES string of the molecule is O=C(Nc1nncs1)C1CCNC1. The first kappa shape index (κ1) is 8.58. The molecule has 1 atom stereocenters. The van der Waals surface area contributed by atoms with Crippen molar-refractivity contribution in [1.82, 2.24) is 15.5 Å². The maximum Gasteiger partial charge on any atom is 0.230 e. The first-order valence-electron chi connectivity index (χ1n) is 4.14. The molecule has 0 saturated carbocycles.